The van der Waals surface area contributed by atoms with Gasteiger partial charge in [0.25, 0.3) is 0 Å². The van der Waals surface area contributed by atoms with Gasteiger partial charge in [0, 0.05) is 0 Å². The zero-order valence-electron chi connectivity index (χ0n) is 4.70. The molecule has 50 valence electrons. The fraction of sp³-hybridized carbons (Fsp3) is 0.200. The van der Waals surface area contributed by atoms with Gasteiger partial charge in [-0.15, -0.1) is 6.42 Å². The van der Waals surface area contributed by atoms with Gasteiger partial charge in [-0.1, -0.05) is 12.5 Å². The average molecular weight is 146 g/mol. The van der Waals surface area contributed by atoms with Gasteiger partial charge in [0.15, 0.2) is 0 Å². The molecule has 0 aliphatic carbocycles. The highest BCUT2D eigenvalue weighted by atomic mass is 32.2. The average Bonchev–Trinajstić information content (AvgIpc) is 1.64. The van der Waals surface area contributed by atoms with Crippen LogP contribution < -0.4 is 0 Å². The summed E-state index contributed by atoms with van der Waals surface area (Å²) in [4.78, 5) is 0. The van der Waals surface area contributed by atoms with E-state index in [1.165, 1.54) is 0 Å². The molecule has 0 aliphatic heterocycles. The van der Waals surface area contributed by atoms with Gasteiger partial charge in [-0.3, -0.25) is 0 Å². The molecule has 9 heavy (non-hydrogen) atoms. The Morgan fingerprint density at radius 1 is 1.78 bits per heavy atom. The first-order chi connectivity index (χ1) is 4.12. The van der Waals surface area contributed by atoms with E-state index in [1.807, 2.05) is 5.92 Å². The summed E-state index contributed by atoms with van der Waals surface area (Å²) in [5.74, 6) is 1.51. The standard InChI is InChI=1S/C5H6O3S/c1-3-5-9(6,7)8-4-2/h1,4H,2,5H2. The van der Waals surface area contributed by atoms with E-state index in [1.54, 1.807) is 0 Å². The largest absolute Gasteiger partial charge is 0.390 e. The summed E-state index contributed by atoms with van der Waals surface area (Å²) < 4.78 is 24.9. The Hall–Kier alpha value is -0.950. The molecule has 0 atom stereocenters. The molecule has 0 aliphatic rings. The molecule has 3 nitrogen and oxygen atoms in total. The lowest BCUT2D eigenvalue weighted by molar-refractivity contribution is 0.448. The van der Waals surface area contributed by atoms with Crippen molar-refractivity contribution in [2.75, 3.05) is 5.75 Å². The van der Waals surface area contributed by atoms with Crippen LogP contribution in [0, 0.1) is 12.3 Å². The van der Waals surface area contributed by atoms with Crippen LogP contribution in [0.25, 0.3) is 0 Å². The smallest absolute Gasteiger partial charge is 0.320 e. The van der Waals surface area contributed by atoms with Crippen molar-refractivity contribution in [2.45, 2.75) is 0 Å². The molecule has 0 N–H and O–H groups in total. The van der Waals surface area contributed by atoms with Crippen molar-refractivity contribution < 1.29 is 12.6 Å². The van der Waals surface area contributed by atoms with E-state index >= 15 is 0 Å². The third-order valence-electron chi connectivity index (χ3n) is 0.475. The van der Waals surface area contributed by atoms with Crippen molar-refractivity contribution in [3.05, 3.63) is 12.8 Å². The molecule has 0 saturated heterocycles. The van der Waals surface area contributed by atoms with Crippen molar-refractivity contribution in [1.29, 1.82) is 0 Å². The number of hydrogen-bond acceptors (Lipinski definition) is 3. The molecule has 0 saturated carbocycles. The SMILES string of the molecule is C#CCS(=O)(=O)OC=C. The Labute approximate surface area is 54.5 Å². The Morgan fingerprint density at radius 3 is 2.67 bits per heavy atom. The maximum absolute atomic E-state index is 10.4. The zero-order valence-corrected chi connectivity index (χ0v) is 5.52. The maximum atomic E-state index is 10.4. The van der Waals surface area contributed by atoms with Gasteiger partial charge >= 0.3 is 10.1 Å². The lowest BCUT2D eigenvalue weighted by Gasteiger charge is -1.94. The molecule has 0 aromatic heterocycles. The van der Waals surface area contributed by atoms with E-state index in [2.05, 4.69) is 10.8 Å². The molecular weight excluding hydrogens is 140 g/mol. The molecule has 0 spiro atoms. The van der Waals surface area contributed by atoms with E-state index in [0.717, 1.165) is 6.26 Å². The normalized spacial score (nSPS) is 9.67. The summed E-state index contributed by atoms with van der Waals surface area (Å²) in [7, 11) is -3.54. The maximum Gasteiger partial charge on any atom is 0.320 e. The highest BCUT2D eigenvalue weighted by Crippen LogP contribution is 1.90. The Bertz CT molecular complexity index is 219. The summed E-state index contributed by atoms with van der Waals surface area (Å²) in [6, 6.07) is 0. The predicted molar refractivity (Wildman–Crippen MR) is 33.9 cm³/mol. The molecule has 0 amide bonds. The second-order valence-electron chi connectivity index (χ2n) is 1.17. The second kappa shape index (κ2) is 3.15. The first-order valence-electron chi connectivity index (χ1n) is 2.07. The molecular formula is C5H6O3S. The highest BCUT2D eigenvalue weighted by molar-refractivity contribution is 7.87. The second-order valence-corrected chi connectivity index (χ2v) is 2.77. The lowest BCUT2D eigenvalue weighted by atomic mass is 10.8. The van der Waals surface area contributed by atoms with Crippen LogP contribution in [0.1, 0.15) is 0 Å². The lowest BCUT2D eigenvalue weighted by Crippen LogP contribution is -2.04. The minimum absolute atomic E-state index is 0.418. The minimum Gasteiger partial charge on any atom is -0.390 e. The molecule has 4 heteroatoms. The predicted octanol–water partition coefficient (Wildman–Crippen LogP) is 0.110. The van der Waals surface area contributed by atoms with Crippen molar-refractivity contribution in [3.63, 3.8) is 0 Å². The van der Waals surface area contributed by atoms with E-state index in [9.17, 15) is 8.42 Å². The fourth-order valence-electron chi connectivity index (χ4n) is 0.240. The van der Waals surface area contributed by atoms with E-state index < -0.39 is 15.9 Å². The molecule has 0 fully saturated rings. The molecule has 0 heterocycles. The van der Waals surface area contributed by atoms with Crippen LogP contribution in [0.5, 0.6) is 0 Å². The van der Waals surface area contributed by atoms with Gasteiger partial charge in [-0.05, 0) is 0 Å². The number of terminal acetylenes is 1. The summed E-state index contributed by atoms with van der Waals surface area (Å²) in [5, 5.41) is 0. The number of hydrogen-bond donors (Lipinski definition) is 0. The van der Waals surface area contributed by atoms with Crippen LogP contribution >= 0.6 is 0 Å². The van der Waals surface area contributed by atoms with E-state index in [0.29, 0.717) is 0 Å². The van der Waals surface area contributed by atoms with Gasteiger partial charge in [-0.2, -0.15) is 8.42 Å². The molecule has 0 radical (unpaired) electrons. The topological polar surface area (TPSA) is 43.4 Å². The van der Waals surface area contributed by atoms with Crippen LogP contribution in [-0.4, -0.2) is 14.2 Å². The van der Waals surface area contributed by atoms with Crippen LogP contribution in [0.4, 0.5) is 0 Å². The molecule has 0 rings (SSSR count). The van der Waals surface area contributed by atoms with E-state index in [-0.39, 0.29) is 0 Å². The summed E-state index contributed by atoms with van der Waals surface area (Å²) >= 11 is 0. The summed E-state index contributed by atoms with van der Waals surface area (Å²) in [6.45, 7) is 3.06. The first kappa shape index (κ1) is 8.05. The Morgan fingerprint density at radius 2 is 2.33 bits per heavy atom. The van der Waals surface area contributed by atoms with Crippen molar-refractivity contribution >= 4 is 10.1 Å². The molecule has 0 aromatic carbocycles. The van der Waals surface area contributed by atoms with Crippen LogP contribution in [0.3, 0.4) is 0 Å². The first-order valence-corrected chi connectivity index (χ1v) is 3.65. The van der Waals surface area contributed by atoms with Crippen LogP contribution in [0.15, 0.2) is 12.8 Å². The zero-order chi connectivity index (χ0) is 7.33. The fourth-order valence-corrected chi connectivity index (χ4v) is 0.719. The van der Waals surface area contributed by atoms with E-state index in [4.69, 9.17) is 6.42 Å². The van der Waals surface area contributed by atoms with Gasteiger partial charge in [0.2, 0.25) is 0 Å². The van der Waals surface area contributed by atoms with Crippen LogP contribution in [0.2, 0.25) is 0 Å². The van der Waals surface area contributed by atoms with Gasteiger partial charge < -0.3 is 4.18 Å². The minimum atomic E-state index is -3.54. The molecule has 0 bridgehead atoms. The van der Waals surface area contributed by atoms with Gasteiger partial charge in [0.05, 0.1) is 6.26 Å². The monoisotopic (exact) mass is 146 g/mol. The number of rotatable bonds is 3. The highest BCUT2D eigenvalue weighted by Gasteiger charge is 2.04. The van der Waals surface area contributed by atoms with Crippen molar-refractivity contribution in [1.82, 2.24) is 0 Å². The van der Waals surface area contributed by atoms with Gasteiger partial charge in [-0.25, -0.2) is 0 Å². The van der Waals surface area contributed by atoms with Crippen LogP contribution in [-0.2, 0) is 14.3 Å². The van der Waals surface area contributed by atoms with Crippen molar-refractivity contribution in [2.24, 2.45) is 0 Å². The quantitative estimate of drug-likeness (QED) is 0.322. The van der Waals surface area contributed by atoms with Gasteiger partial charge in [0.1, 0.15) is 5.75 Å². The Balaban J connectivity index is 4.08. The Kier molecular flexibility index (Phi) is 2.82. The summed E-state index contributed by atoms with van der Waals surface area (Å²) in [6.07, 6.45) is 5.53. The molecule has 0 aromatic rings. The third kappa shape index (κ3) is 3.62. The van der Waals surface area contributed by atoms with Crippen molar-refractivity contribution in [3.8, 4) is 12.3 Å². The third-order valence-corrected chi connectivity index (χ3v) is 1.42. The molecule has 0 unspecified atom stereocenters. The summed E-state index contributed by atoms with van der Waals surface area (Å²) in [5.41, 5.74) is 0.